The highest BCUT2D eigenvalue weighted by Gasteiger charge is 2.12. The van der Waals surface area contributed by atoms with Crippen molar-refractivity contribution in [2.75, 3.05) is 13.2 Å². The number of halogens is 2. The first-order chi connectivity index (χ1) is 8.19. The number of hydrogen-bond donors (Lipinski definition) is 2. The van der Waals surface area contributed by atoms with Gasteiger partial charge in [0, 0.05) is 16.1 Å². The molecule has 0 aliphatic rings. The van der Waals surface area contributed by atoms with Crippen LogP contribution in [0, 0.1) is 0 Å². The van der Waals surface area contributed by atoms with Crippen molar-refractivity contribution in [2.45, 2.75) is 32.2 Å². The summed E-state index contributed by atoms with van der Waals surface area (Å²) in [4.78, 5) is 0. The number of nitrogens with two attached hydrogens (primary N) is 2. The summed E-state index contributed by atoms with van der Waals surface area (Å²) in [7, 11) is 0. The Bertz CT molecular complexity index is 350. The van der Waals surface area contributed by atoms with Gasteiger partial charge in [-0.1, -0.05) is 22.4 Å². The summed E-state index contributed by atoms with van der Waals surface area (Å²) in [6.07, 6.45) is 3.01. The van der Waals surface area contributed by atoms with E-state index in [1.165, 1.54) is 0 Å². The third-order valence-electron chi connectivity index (χ3n) is 2.64. The molecule has 0 saturated carbocycles. The lowest BCUT2D eigenvalue weighted by Gasteiger charge is -2.16. The van der Waals surface area contributed by atoms with Crippen LogP contribution in [-0.4, -0.2) is 13.2 Å². The minimum atomic E-state index is 0. The lowest BCUT2D eigenvalue weighted by Crippen LogP contribution is -2.13. The Labute approximate surface area is 124 Å². The maximum absolute atomic E-state index is 6.19. The van der Waals surface area contributed by atoms with Gasteiger partial charge in [-0.15, -0.1) is 12.4 Å². The third-order valence-corrected chi connectivity index (χ3v) is 3.13. The largest absolute Gasteiger partial charge is 0.494 e. The van der Waals surface area contributed by atoms with Gasteiger partial charge in [-0.2, -0.15) is 0 Å². The summed E-state index contributed by atoms with van der Waals surface area (Å²) in [5, 5.41) is 0. The molecule has 1 atom stereocenters. The Balaban J connectivity index is 0.00000289. The van der Waals surface area contributed by atoms with Gasteiger partial charge in [0.05, 0.1) is 6.61 Å². The zero-order valence-electron chi connectivity index (χ0n) is 10.7. The van der Waals surface area contributed by atoms with E-state index in [4.69, 9.17) is 16.2 Å². The molecule has 0 fully saturated rings. The van der Waals surface area contributed by atoms with Crippen LogP contribution < -0.4 is 16.2 Å². The van der Waals surface area contributed by atoms with E-state index in [1.807, 2.05) is 25.1 Å². The number of unbranched alkanes of at least 4 members (excludes halogenated alkanes) is 1. The van der Waals surface area contributed by atoms with Crippen molar-refractivity contribution in [3.63, 3.8) is 0 Å². The molecule has 0 heterocycles. The van der Waals surface area contributed by atoms with Crippen LogP contribution in [0.2, 0.25) is 0 Å². The maximum atomic E-state index is 6.19. The van der Waals surface area contributed by atoms with Crippen molar-refractivity contribution in [1.82, 2.24) is 0 Å². The Kier molecular flexibility index (Phi) is 9.46. The van der Waals surface area contributed by atoms with Gasteiger partial charge in [0.25, 0.3) is 0 Å². The Morgan fingerprint density at radius 3 is 2.67 bits per heavy atom. The molecule has 0 spiro atoms. The van der Waals surface area contributed by atoms with Crippen LogP contribution in [-0.2, 0) is 0 Å². The third kappa shape index (κ3) is 5.57. The van der Waals surface area contributed by atoms with Gasteiger partial charge in [0.1, 0.15) is 5.75 Å². The average Bonchev–Trinajstić information content (AvgIpc) is 2.32. The Hall–Kier alpha value is -0.290. The van der Waals surface area contributed by atoms with Crippen LogP contribution in [0.25, 0.3) is 0 Å². The van der Waals surface area contributed by atoms with E-state index in [9.17, 15) is 0 Å². The molecular weight excluding hydrogens is 316 g/mol. The Morgan fingerprint density at radius 1 is 1.33 bits per heavy atom. The minimum Gasteiger partial charge on any atom is -0.494 e. The number of benzene rings is 1. The highest BCUT2D eigenvalue weighted by molar-refractivity contribution is 9.10. The molecular formula is C13H22BrClN2O. The van der Waals surface area contributed by atoms with E-state index in [0.717, 1.165) is 41.6 Å². The summed E-state index contributed by atoms with van der Waals surface area (Å²) < 4.78 is 6.63. The highest BCUT2D eigenvalue weighted by Crippen LogP contribution is 2.29. The summed E-state index contributed by atoms with van der Waals surface area (Å²) in [5.41, 5.74) is 12.7. The van der Waals surface area contributed by atoms with Crippen LogP contribution >= 0.6 is 28.3 Å². The quantitative estimate of drug-likeness (QED) is 0.750. The molecule has 0 bridgehead atoms. The summed E-state index contributed by atoms with van der Waals surface area (Å²) in [5.74, 6) is 0.885. The van der Waals surface area contributed by atoms with Gasteiger partial charge < -0.3 is 16.2 Å². The van der Waals surface area contributed by atoms with E-state index in [1.54, 1.807) is 0 Å². The average molecular weight is 338 g/mol. The fraction of sp³-hybridized carbons (Fsp3) is 0.538. The van der Waals surface area contributed by atoms with Crippen LogP contribution in [0.4, 0.5) is 0 Å². The topological polar surface area (TPSA) is 61.3 Å². The van der Waals surface area contributed by atoms with E-state index in [2.05, 4.69) is 15.9 Å². The second-order valence-electron chi connectivity index (χ2n) is 4.01. The Morgan fingerprint density at radius 2 is 2.06 bits per heavy atom. The molecule has 0 aromatic heterocycles. The molecule has 0 saturated heterocycles. The predicted octanol–water partition coefficient (Wildman–Crippen LogP) is 3.40. The van der Waals surface area contributed by atoms with Crippen LogP contribution in [0.3, 0.4) is 0 Å². The van der Waals surface area contributed by atoms with Gasteiger partial charge in [-0.3, -0.25) is 0 Å². The molecule has 0 unspecified atom stereocenters. The fourth-order valence-electron chi connectivity index (χ4n) is 1.76. The van der Waals surface area contributed by atoms with E-state index in [-0.39, 0.29) is 18.4 Å². The molecule has 0 aliphatic carbocycles. The summed E-state index contributed by atoms with van der Waals surface area (Å²) in [6, 6.07) is 5.99. The SMILES string of the molecule is CCOc1ccc(Br)cc1[C@@H](N)CCCCN.Cl. The molecule has 104 valence electrons. The normalized spacial score (nSPS) is 11.8. The number of rotatable bonds is 7. The molecule has 1 aromatic carbocycles. The first kappa shape index (κ1) is 17.7. The van der Waals surface area contributed by atoms with E-state index < -0.39 is 0 Å². The van der Waals surface area contributed by atoms with Gasteiger partial charge >= 0.3 is 0 Å². The van der Waals surface area contributed by atoms with Crippen molar-refractivity contribution < 1.29 is 4.74 Å². The number of ether oxygens (including phenoxy) is 1. The van der Waals surface area contributed by atoms with Gasteiger partial charge in [0.2, 0.25) is 0 Å². The smallest absolute Gasteiger partial charge is 0.124 e. The second kappa shape index (κ2) is 9.62. The highest BCUT2D eigenvalue weighted by atomic mass is 79.9. The van der Waals surface area contributed by atoms with Gasteiger partial charge in [-0.05, 0) is 44.5 Å². The lowest BCUT2D eigenvalue weighted by molar-refractivity contribution is 0.333. The standard InChI is InChI=1S/C13H21BrN2O.ClH/c1-2-17-13-7-6-10(14)9-11(13)12(16)5-3-4-8-15;/h6-7,9,12H,2-5,8,15-16H2,1H3;1H/t12-;/m0./s1. The zero-order chi connectivity index (χ0) is 12.7. The molecule has 0 amide bonds. The van der Waals surface area contributed by atoms with E-state index in [0.29, 0.717) is 6.61 Å². The predicted molar refractivity (Wildman–Crippen MR) is 82.4 cm³/mol. The van der Waals surface area contributed by atoms with Crippen molar-refractivity contribution in [3.05, 3.63) is 28.2 Å². The molecule has 0 radical (unpaired) electrons. The summed E-state index contributed by atoms with van der Waals surface area (Å²) >= 11 is 3.47. The van der Waals surface area contributed by atoms with Gasteiger partial charge in [0.15, 0.2) is 0 Å². The monoisotopic (exact) mass is 336 g/mol. The summed E-state index contributed by atoms with van der Waals surface area (Å²) in [6.45, 7) is 3.36. The molecule has 18 heavy (non-hydrogen) atoms. The van der Waals surface area contributed by atoms with Crippen LogP contribution in [0.15, 0.2) is 22.7 Å². The number of hydrogen-bond acceptors (Lipinski definition) is 3. The fourth-order valence-corrected chi connectivity index (χ4v) is 2.14. The molecule has 1 rings (SSSR count). The van der Waals surface area contributed by atoms with Crippen LogP contribution in [0.1, 0.15) is 37.8 Å². The second-order valence-corrected chi connectivity index (χ2v) is 4.92. The van der Waals surface area contributed by atoms with Crippen LogP contribution in [0.5, 0.6) is 5.75 Å². The van der Waals surface area contributed by atoms with Crippen molar-refractivity contribution in [1.29, 1.82) is 0 Å². The lowest BCUT2D eigenvalue weighted by atomic mass is 10.0. The first-order valence-corrected chi connectivity index (χ1v) is 6.86. The maximum Gasteiger partial charge on any atom is 0.124 e. The molecule has 4 N–H and O–H groups in total. The van der Waals surface area contributed by atoms with Crippen molar-refractivity contribution >= 4 is 28.3 Å². The molecule has 3 nitrogen and oxygen atoms in total. The van der Waals surface area contributed by atoms with Gasteiger partial charge in [-0.25, -0.2) is 0 Å². The van der Waals surface area contributed by atoms with E-state index >= 15 is 0 Å². The van der Waals surface area contributed by atoms with Crippen molar-refractivity contribution in [3.8, 4) is 5.75 Å². The zero-order valence-corrected chi connectivity index (χ0v) is 13.1. The molecule has 1 aromatic rings. The molecule has 5 heteroatoms. The minimum absolute atomic E-state index is 0. The van der Waals surface area contributed by atoms with Crippen molar-refractivity contribution in [2.24, 2.45) is 11.5 Å². The molecule has 0 aliphatic heterocycles. The first-order valence-electron chi connectivity index (χ1n) is 6.07.